The summed E-state index contributed by atoms with van der Waals surface area (Å²) in [5.41, 5.74) is 0.478. The van der Waals surface area contributed by atoms with Crippen molar-refractivity contribution < 1.29 is 22.8 Å². The van der Waals surface area contributed by atoms with Crippen LogP contribution >= 0.6 is 0 Å². The molecule has 2 aromatic carbocycles. The highest BCUT2D eigenvalue weighted by molar-refractivity contribution is 5.88. The minimum Gasteiger partial charge on any atom is -0.364 e. The minimum absolute atomic E-state index is 0.0177. The molecule has 0 unspecified atom stereocenters. The number of ketones is 1. The first-order chi connectivity index (χ1) is 14.1. The number of amides is 1. The molecule has 2 aromatic rings. The number of rotatable bonds is 8. The average Bonchev–Trinajstić information content (AvgIpc) is 2.66. The molecule has 158 valence electrons. The van der Waals surface area contributed by atoms with Gasteiger partial charge in [0.2, 0.25) is 5.91 Å². The van der Waals surface area contributed by atoms with Crippen LogP contribution in [0.5, 0.6) is 0 Å². The number of anilines is 2. The summed E-state index contributed by atoms with van der Waals surface area (Å²) in [5.74, 6) is -0.331. The number of halogens is 3. The standard InChI is InChI=1S/C22H22F3N3O2/c1-15(29)14-28(19-10-11-21(26-3)20(13-19)22(23,24)25)12-4-5-17-6-8-18(9-7-17)27-16(2)30/h6-11,13H,4-5,12,14H2,1-2H3,(H,27,30). The highest BCUT2D eigenvalue weighted by atomic mass is 19.4. The van der Waals surface area contributed by atoms with Crippen LogP contribution in [0, 0.1) is 6.57 Å². The Morgan fingerprint density at radius 1 is 1.10 bits per heavy atom. The number of nitrogens with one attached hydrogen (secondary N) is 1. The lowest BCUT2D eigenvalue weighted by molar-refractivity contribution is -0.136. The fourth-order valence-electron chi connectivity index (χ4n) is 3.05. The van der Waals surface area contributed by atoms with E-state index in [1.165, 1.54) is 19.9 Å². The zero-order chi connectivity index (χ0) is 22.3. The molecule has 0 fully saturated rings. The van der Waals surface area contributed by atoms with E-state index in [0.29, 0.717) is 25.1 Å². The summed E-state index contributed by atoms with van der Waals surface area (Å²) in [6.45, 7) is 10.1. The molecule has 0 heterocycles. The molecule has 0 aliphatic heterocycles. The van der Waals surface area contributed by atoms with E-state index in [4.69, 9.17) is 6.57 Å². The molecule has 2 rings (SSSR count). The molecule has 0 spiro atoms. The topological polar surface area (TPSA) is 53.8 Å². The largest absolute Gasteiger partial charge is 0.407 e. The predicted octanol–water partition coefficient (Wildman–Crippen LogP) is 5.24. The Labute approximate surface area is 173 Å². The van der Waals surface area contributed by atoms with Gasteiger partial charge in [0.1, 0.15) is 5.78 Å². The number of alkyl halides is 3. The summed E-state index contributed by atoms with van der Waals surface area (Å²) in [6, 6.07) is 10.8. The van der Waals surface area contributed by atoms with Crippen LogP contribution in [0.15, 0.2) is 42.5 Å². The number of hydrogen-bond acceptors (Lipinski definition) is 3. The van der Waals surface area contributed by atoms with E-state index in [0.717, 1.165) is 17.7 Å². The lowest BCUT2D eigenvalue weighted by atomic mass is 10.1. The molecular weight excluding hydrogens is 395 g/mol. The van der Waals surface area contributed by atoms with Gasteiger partial charge in [0.15, 0.2) is 5.69 Å². The summed E-state index contributed by atoms with van der Waals surface area (Å²) in [7, 11) is 0. The van der Waals surface area contributed by atoms with Crippen molar-refractivity contribution in [3.05, 3.63) is 65.0 Å². The lowest BCUT2D eigenvalue weighted by Gasteiger charge is -2.25. The van der Waals surface area contributed by atoms with Gasteiger partial charge in [-0.05, 0) is 49.6 Å². The second-order valence-corrected chi connectivity index (χ2v) is 6.92. The summed E-state index contributed by atoms with van der Waals surface area (Å²) in [4.78, 5) is 27.2. The van der Waals surface area contributed by atoms with Crippen LogP contribution < -0.4 is 10.2 Å². The number of Topliss-reactive ketones (excluding diaryl/α,β-unsaturated/α-hetero) is 1. The van der Waals surface area contributed by atoms with E-state index in [2.05, 4.69) is 10.2 Å². The number of hydrogen-bond donors (Lipinski definition) is 1. The van der Waals surface area contributed by atoms with Gasteiger partial charge in [-0.2, -0.15) is 13.2 Å². The van der Waals surface area contributed by atoms with Gasteiger partial charge in [-0.3, -0.25) is 9.59 Å². The van der Waals surface area contributed by atoms with E-state index < -0.39 is 17.4 Å². The molecule has 1 N–H and O–H groups in total. The average molecular weight is 417 g/mol. The van der Waals surface area contributed by atoms with Crippen molar-refractivity contribution in [3.63, 3.8) is 0 Å². The van der Waals surface area contributed by atoms with Crippen molar-refractivity contribution in [2.45, 2.75) is 32.9 Å². The van der Waals surface area contributed by atoms with Crippen LogP contribution in [-0.4, -0.2) is 24.8 Å². The van der Waals surface area contributed by atoms with Gasteiger partial charge in [0.25, 0.3) is 0 Å². The van der Waals surface area contributed by atoms with Crippen molar-refractivity contribution in [1.82, 2.24) is 0 Å². The van der Waals surface area contributed by atoms with Gasteiger partial charge in [-0.25, -0.2) is 4.85 Å². The molecule has 0 aliphatic carbocycles. The maximum atomic E-state index is 13.3. The summed E-state index contributed by atoms with van der Waals surface area (Å²) in [6.07, 6.45) is -3.38. The van der Waals surface area contributed by atoms with Crippen molar-refractivity contribution in [3.8, 4) is 0 Å². The molecule has 8 heteroatoms. The van der Waals surface area contributed by atoms with Gasteiger partial charge >= 0.3 is 6.18 Å². The molecule has 0 saturated heterocycles. The van der Waals surface area contributed by atoms with Crippen molar-refractivity contribution in [2.24, 2.45) is 0 Å². The first kappa shape index (κ1) is 22.9. The Balaban J connectivity index is 2.12. The van der Waals surface area contributed by atoms with Crippen molar-refractivity contribution in [1.29, 1.82) is 0 Å². The van der Waals surface area contributed by atoms with E-state index in [-0.39, 0.29) is 23.9 Å². The molecule has 30 heavy (non-hydrogen) atoms. The maximum Gasteiger partial charge on any atom is 0.407 e. The van der Waals surface area contributed by atoms with E-state index >= 15 is 0 Å². The van der Waals surface area contributed by atoms with Crippen LogP contribution in [0.1, 0.15) is 31.4 Å². The van der Waals surface area contributed by atoms with Gasteiger partial charge in [-0.1, -0.05) is 18.2 Å². The Hall–Kier alpha value is -3.34. The zero-order valence-corrected chi connectivity index (χ0v) is 16.7. The molecule has 0 aliphatic rings. The minimum atomic E-state index is -4.65. The quantitative estimate of drug-likeness (QED) is 0.598. The van der Waals surface area contributed by atoms with Crippen LogP contribution in [0.4, 0.5) is 30.2 Å². The monoisotopic (exact) mass is 417 g/mol. The van der Waals surface area contributed by atoms with Gasteiger partial charge < -0.3 is 10.2 Å². The fourth-order valence-corrected chi connectivity index (χ4v) is 3.05. The van der Waals surface area contributed by atoms with E-state index in [1.54, 1.807) is 17.0 Å². The van der Waals surface area contributed by atoms with E-state index in [9.17, 15) is 22.8 Å². The van der Waals surface area contributed by atoms with Crippen molar-refractivity contribution >= 4 is 28.8 Å². The molecule has 0 bridgehead atoms. The van der Waals surface area contributed by atoms with Crippen LogP contribution in [-0.2, 0) is 22.2 Å². The predicted molar refractivity (Wildman–Crippen MR) is 110 cm³/mol. The smallest absolute Gasteiger partial charge is 0.364 e. The molecule has 5 nitrogen and oxygen atoms in total. The summed E-state index contributed by atoms with van der Waals surface area (Å²) >= 11 is 0. The Bertz CT molecular complexity index is 948. The highest BCUT2D eigenvalue weighted by Crippen LogP contribution is 2.38. The summed E-state index contributed by atoms with van der Waals surface area (Å²) < 4.78 is 39.8. The molecular formula is C22H22F3N3O2. The molecule has 0 aromatic heterocycles. The first-order valence-electron chi connectivity index (χ1n) is 9.29. The number of nitrogens with zero attached hydrogens (tertiary/aromatic N) is 2. The third-order valence-electron chi connectivity index (χ3n) is 4.35. The molecule has 0 atom stereocenters. The second kappa shape index (κ2) is 9.92. The number of aryl methyl sites for hydroxylation is 1. The van der Waals surface area contributed by atoms with Crippen LogP contribution in [0.25, 0.3) is 4.85 Å². The highest BCUT2D eigenvalue weighted by Gasteiger charge is 2.34. The second-order valence-electron chi connectivity index (χ2n) is 6.92. The van der Waals surface area contributed by atoms with Gasteiger partial charge in [0, 0.05) is 24.8 Å². The van der Waals surface area contributed by atoms with Crippen LogP contribution in [0.2, 0.25) is 0 Å². The number of carbonyl (C=O) groups is 2. The third-order valence-corrected chi connectivity index (χ3v) is 4.35. The molecule has 0 saturated carbocycles. The number of benzene rings is 2. The maximum absolute atomic E-state index is 13.3. The Kier molecular flexibility index (Phi) is 7.59. The third kappa shape index (κ3) is 6.62. The van der Waals surface area contributed by atoms with Crippen LogP contribution in [0.3, 0.4) is 0 Å². The van der Waals surface area contributed by atoms with E-state index in [1.807, 2.05) is 12.1 Å². The molecule has 0 radical (unpaired) electrons. The fraction of sp³-hybridized carbons (Fsp3) is 0.318. The Morgan fingerprint density at radius 3 is 2.30 bits per heavy atom. The van der Waals surface area contributed by atoms with Crippen molar-refractivity contribution in [2.75, 3.05) is 23.3 Å². The SMILES string of the molecule is [C-]#[N+]c1ccc(N(CCCc2ccc(NC(C)=O)cc2)CC(C)=O)cc1C(F)(F)F. The Morgan fingerprint density at radius 2 is 1.77 bits per heavy atom. The summed E-state index contributed by atoms with van der Waals surface area (Å²) in [5, 5.41) is 2.68. The zero-order valence-electron chi connectivity index (χ0n) is 16.7. The molecule has 1 amide bonds. The first-order valence-corrected chi connectivity index (χ1v) is 9.29. The normalized spacial score (nSPS) is 10.9. The van der Waals surface area contributed by atoms with Gasteiger partial charge in [-0.15, -0.1) is 0 Å². The number of carbonyl (C=O) groups excluding carboxylic acids is 2. The van der Waals surface area contributed by atoms with Gasteiger partial charge in [0.05, 0.1) is 18.7 Å². The lowest BCUT2D eigenvalue weighted by Crippen LogP contribution is -2.30.